The number of nitrogens with zero attached hydrogens (tertiary/aromatic N) is 2. The molecule has 1 aliphatic heterocycles. The number of sulfonamides is 1. The van der Waals surface area contributed by atoms with Gasteiger partial charge in [0.2, 0.25) is 15.9 Å². The summed E-state index contributed by atoms with van der Waals surface area (Å²) in [5.41, 5.74) is 0.975. The molecule has 24 heavy (non-hydrogen) atoms. The smallest absolute Gasteiger partial charge is 0.240 e. The maximum absolute atomic E-state index is 12.4. The largest absolute Gasteiger partial charge is 0.341 e. The van der Waals surface area contributed by atoms with Crippen molar-refractivity contribution < 1.29 is 13.2 Å². The highest BCUT2D eigenvalue weighted by Crippen LogP contribution is 2.13. The maximum Gasteiger partial charge on any atom is 0.240 e. The van der Waals surface area contributed by atoms with Gasteiger partial charge in [-0.25, -0.2) is 13.1 Å². The second kappa shape index (κ2) is 8.60. The van der Waals surface area contributed by atoms with E-state index in [9.17, 15) is 13.2 Å². The van der Waals surface area contributed by atoms with E-state index in [1.807, 2.05) is 4.90 Å². The quantitative estimate of drug-likeness (QED) is 0.831. The standard InChI is InChI=1S/C17H27N3O3S/c1-3-19-11-4-12-20(14-13-19)17(21)10-7-15-5-8-16(9-6-15)24(22,23)18-2/h5-6,8-9,18H,3-4,7,10-14H2,1-2H3. The van der Waals surface area contributed by atoms with E-state index in [-0.39, 0.29) is 10.8 Å². The number of carbonyl (C=O) groups is 1. The van der Waals surface area contributed by atoms with Crippen molar-refractivity contribution in [1.82, 2.24) is 14.5 Å². The van der Waals surface area contributed by atoms with Crippen LogP contribution in [0.2, 0.25) is 0 Å². The molecule has 0 unspecified atom stereocenters. The molecule has 7 heteroatoms. The minimum Gasteiger partial charge on any atom is -0.341 e. The van der Waals surface area contributed by atoms with E-state index in [1.165, 1.54) is 7.05 Å². The minimum atomic E-state index is -3.41. The number of hydrogen-bond donors (Lipinski definition) is 1. The lowest BCUT2D eigenvalue weighted by molar-refractivity contribution is -0.131. The molecule has 2 rings (SSSR count). The summed E-state index contributed by atoms with van der Waals surface area (Å²) in [5, 5.41) is 0. The van der Waals surface area contributed by atoms with Gasteiger partial charge in [0.05, 0.1) is 4.90 Å². The third kappa shape index (κ3) is 5.03. The summed E-state index contributed by atoms with van der Waals surface area (Å²) in [6.07, 6.45) is 2.12. The van der Waals surface area contributed by atoms with Gasteiger partial charge in [-0.05, 0) is 50.7 Å². The van der Waals surface area contributed by atoms with E-state index in [1.54, 1.807) is 24.3 Å². The van der Waals surface area contributed by atoms with Crippen molar-refractivity contribution in [2.75, 3.05) is 39.8 Å². The molecule has 1 fully saturated rings. The highest BCUT2D eigenvalue weighted by atomic mass is 32.2. The first-order valence-electron chi connectivity index (χ1n) is 8.49. The fourth-order valence-electron chi connectivity index (χ4n) is 2.90. The van der Waals surface area contributed by atoms with Crippen LogP contribution in [-0.2, 0) is 21.2 Å². The van der Waals surface area contributed by atoms with Crippen molar-refractivity contribution in [3.8, 4) is 0 Å². The van der Waals surface area contributed by atoms with Crippen LogP contribution >= 0.6 is 0 Å². The molecule has 0 radical (unpaired) electrons. The van der Waals surface area contributed by atoms with Crippen molar-refractivity contribution in [3.05, 3.63) is 29.8 Å². The summed E-state index contributed by atoms with van der Waals surface area (Å²) < 4.78 is 25.7. The molecule has 0 aliphatic carbocycles. The topological polar surface area (TPSA) is 69.7 Å². The Morgan fingerprint density at radius 2 is 1.83 bits per heavy atom. The Balaban J connectivity index is 1.87. The zero-order chi connectivity index (χ0) is 17.6. The van der Waals surface area contributed by atoms with Gasteiger partial charge in [0.15, 0.2) is 0 Å². The van der Waals surface area contributed by atoms with E-state index >= 15 is 0 Å². The molecule has 1 aliphatic rings. The van der Waals surface area contributed by atoms with Crippen LogP contribution in [0.25, 0.3) is 0 Å². The van der Waals surface area contributed by atoms with E-state index in [0.29, 0.717) is 12.8 Å². The molecule has 0 bridgehead atoms. The maximum atomic E-state index is 12.4. The number of hydrogen-bond acceptors (Lipinski definition) is 4. The molecule has 1 heterocycles. The fourth-order valence-corrected chi connectivity index (χ4v) is 3.63. The van der Waals surface area contributed by atoms with Crippen LogP contribution < -0.4 is 4.72 Å². The van der Waals surface area contributed by atoms with Crippen LogP contribution in [0.3, 0.4) is 0 Å². The van der Waals surface area contributed by atoms with Gasteiger partial charge >= 0.3 is 0 Å². The summed E-state index contributed by atoms with van der Waals surface area (Å²) in [7, 11) is -2.01. The fraction of sp³-hybridized carbons (Fsp3) is 0.588. The summed E-state index contributed by atoms with van der Waals surface area (Å²) in [6, 6.07) is 6.71. The van der Waals surface area contributed by atoms with Gasteiger partial charge in [-0.2, -0.15) is 0 Å². The molecule has 6 nitrogen and oxygen atoms in total. The van der Waals surface area contributed by atoms with Crippen LogP contribution in [0.5, 0.6) is 0 Å². The Hall–Kier alpha value is -1.44. The molecule has 1 N–H and O–H groups in total. The van der Waals surface area contributed by atoms with Crippen molar-refractivity contribution >= 4 is 15.9 Å². The summed E-state index contributed by atoms with van der Waals surface area (Å²) in [4.78, 5) is 17.0. The zero-order valence-corrected chi connectivity index (χ0v) is 15.3. The highest BCUT2D eigenvalue weighted by molar-refractivity contribution is 7.89. The first kappa shape index (κ1) is 18.9. The third-order valence-electron chi connectivity index (χ3n) is 4.52. The van der Waals surface area contributed by atoms with E-state index in [2.05, 4.69) is 16.5 Å². The number of benzene rings is 1. The van der Waals surface area contributed by atoms with E-state index in [4.69, 9.17) is 0 Å². The van der Waals surface area contributed by atoms with Gasteiger partial charge in [0, 0.05) is 26.1 Å². The van der Waals surface area contributed by atoms with Crippen LogP contribution in [0.1, 0.15) is 25.3 Å². The number of likely N-dealkylation sites (N-methyl/N-ethyl adjacent to an activating group) is 1. The normalized spacial score (nSPS) is 16.8. The average molecular weight is 353 g/mol. The van der Waals surface area contributed by atoms with Gasteiger partial charge in [0.1, 0.15) is 0 Å². The SMILES string of the molecule is CCN1CCCN(C(=O)CCc2ccc(S(=O)(=O)NC)cc2)CC1. The number of nitrogens with one attached hydrogen (secondary N) is 1. The van der Waals surface area contributed by atoms with Gasteiger partial charge in [-0.3, -0.25) is 4.79 Å². The number of rotatable bonds is 6. The molecule has 0 spiro atoms. The van der Waals surface area contributed by atoms with Crippen LogP contribution in [0.15, 0.2) is 29.2 Å². The van der Waals surface area contributed by atoms with Gasteiger partial charge < -0.3 is 9.80 Å². The van der Waals surface area contributed by atoms with Crippen molar-refractivity contribution in [2.45, 2.75) is 31.1 Å². The van der Waals surface area contributed by atoms with Crippen molar-refractivity contribution in [1.29, 1.82) is 0 Å². The molecule has 1 saturated heterocycles. The molecule has 0 atom stereocenters. The molecule has 1 amide bonds. The minimum absolute atomic E-state index is 0.180. The third-order valence-corrected chi connectivity index (χ3v) is 5.95. The highest BCUT2D eigenvalue weighted by Gasteiger charge is 2.18. The number of amides is 1. The molecule has 0 saturated carbocycles. The Morgan fingerprint density at radius 3 is 2.46 bits per heavy atom. The lowest BCUT2D eigenvalue weighted by Gasteiger charge is -2.21. The van der Waals surface area contributed by atoms with Gasteiger partial charge in [0.25, 0.3) is 0 Å². The van der Waals surface area contributed by atoms with E-state index in [0.717, 1.165) is 44.7 Å². The molecule has 1 aromatic carbocycles. The number of carbonyl (C=O) groups excluding carboxylic acids is 1. The van der Waals surface area contributed by atoms with Crippen LogP contribution in [-0.4, -0.2) is 63.9 Å². The summed E-state index contributed by atoms with van der Waals surface area (Å²) in [5.74, 6) is 0.180. The first-order chi connectivity index (χ1) is 11.5. The lowest BCUT2D eigenvalue weighted by atomic mass is 10.1. The Labute approximate surface area is 144 Å². The van der Waals surface area contributed by atoms with Gasteiger partial charge in [-0.15, -0.1) is 0 Å². The molecular formula is C17H27N3O3S. The monoisotopic (exact) mass is 353 g/mol. The van der Waals surface area contributed by atoms with Crippen LogP contribution in [0, 0.1) is 0 Å². The first-order valence-corrected chi connectivity index (χ1v) is 9.97. The van der Waals surface area contributed by atoms with E-state index < -0.39 is 10.0 Å². The van der Waals surface area contributed by atoms with Crippen molar-refractivity contribution in [2.24, 2.45) is 0 Å². The predicted molar refractivity (Wildman–Crippen MR) is 94.3 cm³/mol. The van der Waals surface area contributed by atoms with Crippen molar-refractivity contribution in [3.63, 3.8) is 0 Å². The van der Waals surface area contributed by atoms with Crippen LogP contribution in [0.4, 0.5) is 0 Å². The second-order valence-corrected chi connectivity index (χ2v) is 7.91. The summed E-state index contributed by atoms with van der Waals surface area (Å²) >= 11 is 0. The Morgan fingerprint density at radius 1 is 1.12 bits per heavy atom. The predicted octanol–water partition coefficient (Wildman–Crippen LogP) is 1.08. The Bertz CT molecular complexity index is 644. The van der Waals surface area contributed by atoms with Gasteiger partial charge in [-0.1, -0.05) is 19.1 Å². The molecule has 134 valence electrons. The average Bonchev–Trinajstić information content (AvgIpc) is 2.85. The zero-order valence-electron chi connectivity index (χ0n) is 14.5. The lowest BCUT2D eigenvalue weighted by Crippen LogP contribution is -2.35. The number of aryl methyl sites for hydroxylation is 1. The second-order valence-electron chi connectivity index (χ2n) is 6.02. The summed E-state index contributed by atoms with van der Waals surface area (Å²) in [6.45, 7) is 6.81. The molecule has 0 aromatic heterocycles. The molecule has 1 aromatic rings. The molecular weight excluding hydrogens is 326 g/mol. The Kier molecular flexibility index (Phi) is 6.77.